The van der Waals surface area contributed by atoms with E-state index in [4.69, 9.17) is 0 Å². The molecule has 0 radical (unpaired) electrons. The van der Waals surface area contributed by atoms with Crippen molar-refractivity contribution in [2.24, 2.45) is 5.92 Å². The van der Waals surface area contributed by atoms with Gasteiger partial charge in [-0.3, -0.25) is 0 Å². The average molecular weight is 370 g/mol. The Labute approximate surface area is 143 Å². The summed E-state index contributed by atoms with van der Waals surface area (Å²) in [7, 11) is 0. The van der Waals surface area contributed by atoms with Crippen LogP contribution in [0.5, 0.6) is 0 Å². The Morgan fingerprint density at radius 2 is 1.91 bits per heavy atom. The predicted octanol–water partition coefficient (Wildman–Crippen LogP) is 4.97. The van der Waals surface area contributed by atoms with Crippen molar-refractivity contribution in [1.29, 1.82) is 0 Å². The van der Waals surface area contributed by atoms with Crippen molar-refractivity contribution in [3.8, 4) is 0 Å². The number of carboxylic acid groups (broad SMARTS) is 1. The minimum Gasteiger partial charge on any atom is -0.478 e. The maximum Gasteiger partial charge on any atom is 0.337 e. The summed E-state index contributed by atoms with van der Waals surface area (Å²) in [5, 5.41) is 13.1. The van der Waals surface area contributed by atoms with E-state index in [1.807, 2.05) is 30.3 Å². The number of allylic oxidation sites excluding steroid dienone is 2. The maximum absolute atomic E-state index is 11.6. The fourth-order valence-corrected chi connectivity index (χ4v) is 4.37. The first-order chi connectivity index (χ1) is 11.2. The largest absolute Gasteiger partial charge is 0.478 e. The van der Waals surface area contributed by atoms with Crippen LogP contribution in [0.1, 0.15) is 39.9 Å². The zero-order valence-electron chi connectivity index (χ0n) is 12.4. The molecule has 4 rings (SSSR count). The quantitative estimate of drug-likeness (QED) is 0.734. The topological polar surface area (TPSA) is 49.3 Å². The lowest BCUT2D eigenvalue weighted by Crippen LogP contribution is -2.30. The minimum atomic E-state index is -0.888. The highest BCUT2D eigenvalue weighted by Gasteiger charge is 2.39. The molecule has 0 bridgehead atoms. The minimum absolute atomic E-state index is 0.0959. The van der Waals surface area contributed by atoms with Gasteiger partial charge in [-0.1, -0.05) is 58.4 Å². The molecule has 0 saturated heterocycles. The van der Waals surface area contributed by atoms with Crippen molar-refractivity contribution in [2.75, 3.05) is 5.32 Å². The summed E-state index contributed by atoms with van der Waals surface area (Å²) in [5.74, 6) is -0.214. The van der Waals surface area contributed by atoms with Crippen molar-refractivity contribution in [1.82, 2.24) is 0 Å². The molecule has 3 nitrogen and oxygen atoms in total. The molecule has 0 aromatic heterocycles. The van der Waals surface area contributed by atoms with Gasteiger partial charge in [0.05, 0.1) is 17.3 Å². The summed E-state index contributed by atoms with van der Waals surface area (Å²) >= 11 is 3.64. The van der Waals surface area contributed by atoms with E-state index in [2.05, 4.69) is 39.5 Å². The van der Waals surface area contributed by atoms with Gasteiger partial charge in [0.15, 0.2) is 0 Å². The molecule has 2 aromatic carbocycles. The van der Waals surface area contributed by atoms with Crippen LogP contribution in [0, 0.1) is 5.92 Å². The third kappa shape index (κ3) is 2.29. The number of carboxylic acids is 1. The van der Waals surface area contributed by atoms with Gasteiger partial charge in [0.2, 0.25) is 0 Å². The van der Waals surface area contributed by atoms with Gasteiger partial charge in [-0.2, -0.15) is 0 Å². The summed E-state index contributed by atoms with van der Waals surface area (Å²) in [6, 6.07) is 13.8. The van der Waals surface area contributed by atoms with Crippen LogP contribution in [0.15, 0.2) is 59.1 Å². The van der Waals surface area contributed by atoms with Crippen molar-refractivity contribution < 1.29 is 9.90 Å². The van der Waals surface area contributed by atoms with E-state index in [1.54, 1.807) is 6.07 Å². The Morgan fingerprint density at radius 1 is 1.13 bits per heavy atom. The number of hydrogen-bond acceptors (Lipinski definition) is 2. The van der Waals surface area contributed by atoms with Gasteiger partial charge < -0.3 is 10.4 Å². The first kappa shape index (κ1) is 14.5. The molecule has 4 heteroatoms. The van der Waals surface area contributed by atoms with Crippen molar-refractivity contribution in [3.05, 3.63) is 75.8 Å². The number of rotatable bonds is 2. The van der Waals surface area contributed by atoms with Crippen LogP contribution in [0.4, 0.5) is 5.69 Å². The molecule has 0 fully saturated rings. The van der Waals surface area contributed by atoms with Crippen molar-refractivity contribution in [2.45, 2.75) is 18.4 Å². The fraction of sp³-hybridized carbons (Fsp3) is 0.211. The first-order valence-electron chi connectivity index (χ1n) is 7.70. The lowest BCUT2D eigenvalue weighted by molar-refractivity contribution is 0.0697. The number of hydrogen-bond donors (Lipinski definition) is 2. The number of fused-ring (bicyclic) bond motifs is 3. The van der Waals surface area contributed by atoms with Crippen molar-refractivity contribution in [3.63, 3.8) is 0 Å². The van der Waals surface area contributed by atoms with E-state index in [1.165, 1.54) is 5.56 Å². The molecule has 2 aliphatic rings. The van der Waals surface area contributed by atoms with Crippen LogP contribution in [-0.4, -0.2) is 11.1 Å². The normalized spacial score (nSPS) is 24.7. The molecule has 0 amide bonds. The molecule has 2 N–H and O–H groups in total. The Hall–Kier alpha value is -2.07. The first-order valence-corrected chi connectivity index (χ1v) is 8.50. The Bertz CT molecular complexity index is 815. The van der Waals surface area contributed by atoms with Crippen molar-refractivity contribution >= 4 is 27.6 Å². The summed E-state index contributed by atoms with van der Waals surface area (Å²) in [6.45, 7) is 0. The molecule has 0 saturated carbocycles. The molecule has 23 heavy (non-hydrogen) atoms. The van der Waals surface area contributed by atoms with Crippen LogP contribution >= 0.6 is 15.9 Å². The van der Waals surface area contributed by atoms with Crippen LogP contribution in [0.2, 0.25) is 0 Å². The Balaban J connectivity index is 1.87. The monoisotopic (exact) mass is 369 g/mol. The third-order valence-electron chi connectivity index (χ3n) is 4.87. The van der Waals surface area contributed by atoms with Crippen LogP contribution in [0.25, 0.3) is 0 Å². The summed E-state index contributed by atoms with van der Waals surface area (Å²) in [4.78, 5) is 11.6. The Morgan fingerprint density at radius 3 is 2.70 bits per heavy atom. The van der Waals surface area contributed by atoms with Crippen LogP contribution < -0.4 is 5.32 Å². The number of anilines is 1. The van der Waals surface area contributed by atoms with Gasteiger partial charge in [-0.05, 0) is 35.6 Å². The van der Waals surface area contributed by atoms with E-state index < -0.39 is 5.97 Å². The smallest absolute Gasteiger partial charge is 0.337 e. The van der Waals surface area contributed by atoms with E-state index in [-0.39, 0.29) is 12.0 Å². The van der Waals surface area contributed by atoms with E-state index >= 15 is 0 Å². The van der Waals surface area contributed by atoms with Gasteiger partial charge in [0.25, 0.3) is 0 Å². The number of carbonyl (C=O) groups is 1. The molecular formula is C19H16BrNO2. The van der Waals surface area contributed by atoms with Crippen LogP contribution in [0.3, 0.4) is 0 Å². The number of halogens is 1. The highest BCUT2D eigenvalue weighted by molar-refractivity contribution is 9.10. The highest BCUT2D eigenvalue weighted by Crippen LogP contribution is 2.51. The van der Waals surface area contributed by atoms with Gasteiger partial charge in [0, 0.05) is 10.4 Å². The molecule has 0 spiro atoms. The van der Waals surface area contributed by atoms with Gasteiger partial charge >= 0.3 is 5.97 Å². The average Bonchev–Trinajstić information content (AvgIpc) is 3.04. The molecule has 1 aliphatic heterocycles. The summed E-state index contributed by atoms with van der Waals surface area (Å²) < 4.78 is 1.06. The molecule has 2 aromatic rings. The fourth-order valence-electron chi connectivity index (χ4n) is 3.83. The van der Waals surface area contributed by atoms with Crippen LogP contribution in [-0.2, 0) is 0 Å². The number of benzene rings is 2. The van der Waals surface area contributed by atoms with Gasteiger partial charge in [-0.25, -0.2) is 4.79 Å². The third-order valence-corrected chi connectivity index (χ3v) is 5.59. The molecular weight excluding hydrogens is 354 g/mol. The maximum atomic E-state index is 11.6. The lowest BCUT2D eigenvalue weighted by Gasteiger charge is -2.38. The van der Waals surface area contributed by atoms with Gasteiger partial charge in [0.1, 0.15) is 0 Å². The van der Waals surface area contributed by atoms with Gasteiger partial charge in [-0.15, -0.1) is 0 Å². The second-order valence-corrected chi connectivity index (χ2v) is 6.93. The molecule has 1 aliphatic carbocycles. The molecule has 116 valence electrons. The lowest BCUT2D eigenvalue weighted by atomic mass is 9.76. The molecule has 1 heterocycles. The highest BCUT2D eigenvalue weighted by atomic mass is 79.9. The Kier molecular flexibility index (Phi) is 3.49. The van der Waals surface area contributed by atoms with E-state index in [0.29, 0.717) is 11.5 Å². The number of nitrogens with one attached hydrogen (secondary N) is 1. The summed E-state index contributed by atoms with van der Waals surface area (Å²) in [6.07, 6.45) is 5.43. The van der Waals surface area contributed by atoms with E-state index in [0.717, 1.165) is 22.1 Å². The molecule has 0 unspecified atom stereocenters. The SMILES string of the molecule is O=C(O)c1cccc2c1N[C@@H](c1ccccc1Br)[C@@H]1CC=C[C@H]21. The summed E-state index contributed by atoms with van der Waals surface area (Å²) in [5.41, 5.74) is 3.37. The standard InChI is InChI=1S/C19H16BrNO2/c20-16-10-2-1-5-14(16)17-12-7-3-6-11(12)13-8-4-9-15(19(22)23)18(13)21-17/h1-6,8-12,17,21H,7H2,(H,22,23)/t11-,12+,17+/m0/s1. The number of aromatic carboxylic acids is 1. The predicted molar refractivity (Wildman–Crippen MR) is 93.9 cm³/mol. The van der Waals surface area contributed by atoms with E-state index in [9.17, 15) is 9.90 Å². The zero-order valence-corrected chi connectivity index (χ0v) is 14.0. The number of para-hydroxylation sites is 1. The second kappa shape index (κ2) is 5.53. The molecule has 3 atom stereocenters. The second-order valence-electron chi connectivity index (χ2n) is 6.07. The zero-order chi connectivity index (χ0) is 16.0.